The molecule has 0 spiro atoms. The lowest BCUT2D eigenvalue weighted by Gasteiger charge is -2.35. The van der Waals surface area contributed by atoms with Crippen LogP contribution in [0.2, 0.25) is 4.47 Å². The lowest BCUT2D eigenvalue weighted by Crippen LogP contribution is -2.49. The van der Waals surface area contributed by atoms with Gasteiger partial charge in [0.05, 0.1) is 6.54 Å². The van der Waals surface area contributed by atoms with Gasteiger partial charge in [-0.1, -0.05) is 16.7 Å². The molecule has 1 aromatic rings. The van der Waals surface area contributed by atoms with Gasteiger partial charge in [-0.3, -0.25) is 0 Å². The molecule has 1 fully saturated rings. The van der Waals surface area contributed by atoms with Crippen LogP contribution in [0.1, 0.15) is 4.88 Å². The molecule has 11 heteroatoms. The minimum Gasteiger partial charge on any atom is -0.341 e. The van der Waals surface area contributed by atoms with Crippen LogP contribution in [0, 0.1) is 5.53 Å². The molecule has 0 saturated carbocycles. The van der Waals surface area contributed by atoms with Gasteiger partial charge in [0.15, 0.2) is 4.47 Å². The Balaban J connectivity index is 2.13. The molecular formula is C8H11ClN8OS. The molecule has 0 aliphatic carbocycles. The quantitative estimate of drug-likeness (QED) is 0.680. The second kappa shape index (κ2) is 6.50. The molecule has 1 aromatic heterocycles. The van der Waals surface area contributed by atoms with Crippen molar-refractivity contribution in [2.24, 2.45) is 20.8 Å². The van der Waals surface area contributed by atoms with Crippen LogP contribution in [-0.2, 0) is 11.3 Å². The summed E-state index contributed by atoms with van der Waals surface area (Å²) in [6.07, 6.45) is 1.71. The van der Waals surface area contributed by atoms with Crippen LogP contribution in [0.15, 0.2) is 27.0 Å². The van der Waals surface area contributed by atoms with E-state index in [9.17, 15) is 0 Å². The Bertz CT molecular complexity index is 503. The fraction of sp³-hybridized carbons (Fsp3) is 0.500. The van der Waals surface area contributed by atoms with Crippen molar-refractivity contribution in [3.63, 3.8) is 0 Å². The topological polar surface area (TPSA) is 102 Å². The number of ether oxygens (including phenoxy) is 1. The van der Waals surface area contributed by atoms with Crippen LogP contribution >= 0.6 is 22.9 Å². The second-order valence-corrected chi connectivity index (χ2v) is 5.31. The van der Waals surface area contributed by atoms with Crippen molar-refractivity contribution in [3.8, 4) is 0 Å². The second-order valence-electron chi connectivity index (χ2n) is 3.62. The number of halogens is 1. The molecule has 0 radical (unpaired) electrons. The molecule has 0 atom stereocenters. The van der Waals surface area contributed by atoms with E-state index >= 15 is 0 Å². The molecule has 102 valence electrons. The van der Waals surface area contributed by atoms with Gasteiger partial charge in [0.1, 0.15) is 13.5 Å². The van der Waals surface area contributed by atoms with E-state index < -0.39 is 0 Å². The number of rotatable bonds is 4. The SMILES string of the molecule is CN1COCN(Cc2cnc(Cl)s2)C1=NN=NN=N. The van der Waals surface area contributed by atoms with E-state index in [2.05, 4.69) is 25.8 Å². The minimum absolute atomic E-state index is 0.381. The van der Waals surface area contributed by atoms with Gasteiger partial charge in [0.25, 0.3) is 0 Å². The standard InChI is InChI=1S/C8H11ClN8OS/c1-16-4-18-5-17(8(16)12-14-15-13-10)3-6-2-11-7(9)19-6/h2,10H,3-5H2,1H3. The lowest BCUT2D eigenvalue weighted by atomic mass is 10.5. The summed E-state index contributed by atoms with van der Waals surface area (Å²) in [4.78, 5) is 8.60. The predicted octanol–water partition coefficient (Wildman–Crippen LogP) is 2.14. The largest absolute Gasteiger partial charge is 0.341 e. The molecule has 2 rings (SSSR count). The average Bonchev–Trinajstić information content (AvgIpc) is 2.78. The van der Waals surface area contributed by atoms with Crippen molar-refractivity contribution < 1.29 is 4.74 Å². The third-order valence-electron chi connectivity index (χ3n) is 2.25. The summed E-state index contributed by atoms with van der Waals surface area (Å²) in [5.74, 6) is 0.586. The van der Waals surface area contributed by atoms with Gasteiger partial charge in [0.2, 0.25) is 5.96 Å². The number of aromatic nitrogens is 1. The smallest absolute Gasteiger partial charge is 0.227 e. The highest BCUT2D eigenvalue weighted by atomic mass is 35.5. The average molecular weight is 303 g/mol. The molecule has 0 unspecified atom stereocenters. The number of nitrogens with one attached hydrogen (secondary N) is 1. The zero-order valence-corrected chi connectivity index (χ0v) is 11.6. The number of hydrogen-bond acceptors (Lipinski definition) is 5. The maximum Gasteiger partial charge on any atom is 0.227 e. The minimum atomic E-state index is 0.381. The summed E-state index contributed by atoms with van der Waals surface area (Å²) in [6, 6.07) is 0. The summed E-state index contributed by atoms with van der Waals surface area (Å²) < 4.78 is 5.89. The fourth-order valence-electron chi connectivity index (χ4n) is 1.53. The fourth-order valence-corrected chi connectivity index (χ4v) is 2.52. The zero-order valence-electron chi connectivity index (χ0n) is 10.0. The Morgan fingerprint density at radius 3 is 3.05 bits per heavy atom. The van der Waals surface area contributed by atoms with Gasteiger partial charge in [-0.05, 0) is 15.7 Å². The van der Waals surface area contributed by atoms with E-state index in [-0.39, 0.29) is 0 Å². The molecule has 1 aliphatic heterocycles. The van der Waals surface area contributed by atoms with E-state index in [1.165, 1.54) is 11.3 Å². The van der Waals surface area contributed by atoms with Crippen LogP contribution in [0.5, 0.6) is 0 Å². The monoisotopic (exact) mass is 302 g/mol. The molecule has 19 heavy (non-hydrogen) atoms. The van der Waals surface area contributed by atoms with Crippen LogP contribution in [0.25, 0.3) is 0 Å². The van der Waals surface area contributed by atoms with E-state index in [0.29, 0.717) is 30.4 Å². The van der Waals surface area contributed by atoms with Gasteiger partial charge in [-0.25, -0.2) is 4.98 Å². The zero-order chi connectivity index (χ0) is 13.7. The predicted molar refractivity (Wildman–Crippen MR) is 68.7 cm³/mol. The highest BCUT2D eigenvalue weighted by molar-refractivity contribution is 7.15. The number of guanidine groups is 1. The lowest BCUT2D eigenvalue weighted by molar-refractivity contribution is -0.0210. The number of nitrogens with zero attached hydrogens (tertiary/aromatic N) is 7. The van der Waals surface area contributed by atoms with Gasteiger partial charge in [-0.2, -0.15) is 5.53 Å². The van der Waals surface area contributed by atoms with Crippen molar-refractivity contribution in [1.82, 2.24) is 14.8 Å². The van der Waals surface area contributed by atoms with Crippen molar-refractivity contribution in [2.75, 3.05) is 20.5 Å². The van der Waals surface area contributed by atoms with Gasteiger partial charge in [-0.15, -0.1) is 11.3 Å². The number of hydrogen-bond donors (Lipinski definition) is 1. The summed E-state index contributed by atoms with van der Waals surface area (Å²) in [5.41, 5.74) is 6.52. The third-order valence-corrected chi connectivity index (χ3v) is 3.35. The van der Waals surface area contributed by atoms with E-state index in [0.717, 1.165) is 4.88 Å². The molecule has 0 bridgehead atoms. The maximum absolute atomic E-state index is 6.52. The summed E-state index contributed by atoms with van der Waals surface area (Å²) in [6.45, 7) is 1.35. The first-order valence-electron chi connectivity index (χ1n) is 5.19. The van der Waals surface area contributed by atoms with Gasteiger partial charge < -0.3 is 14.5 Å². The molecule has 0 amide bonds. The van der Waals surface area contributed by atoms with E-state index in [1.54, 1.807) is 11.1 Å². The first kappa shape index (κ1) is 13.8. The molecule has 9 nitrogen and oxygen atoms in total. The number of thiazole rings is 1. The van der Waals surface area contributed by atoms with E-state index in [1.807, 2.05) is 11.9 Å². The highest BCUT2D eigenvalue weighted by Crippen LogP contribution is 2.20. The molecule has 1 saturated heterocycles. The summed E-state index contributed by atoms with van der Waals surface area (Å²) >= 11 is 7.19. The highest BCUT2D eigenvalue weighted by Gasteiger charge is 2.22. The van der Waals surface area contributed by atoms with Crippen molar-refractivity contribution in [3.05, 3.63) is 15.5 Å². The van der Waals surface area contributed by atoms with E-state index in [4.69, 9.17) is 21.9 Å². The molecule has 2 heterocycles. The first-order valence-corrected chi connectivity index (χ1v) is 6.38. The Labute approximate surface area is 118 Å². The van der Waals surface area contributed by atoms with Crippen LogP contribution in [0.3, 0.4) is 0 Å². The Kier molecular flexibility index (Phi) is 4.71. The third kappa shape index (κ3) is 3.66. The van der Waals surface area contributed by atoms with Crippen molar-refractivity contribution in [2.45, 2.75) is 6.54 Å². The first-order chi connectivity index (χ1) is 9.20. The Morgan fingerprint density at radius 1 is 1.53 bits per heavy atom. The van der Waals surface area contributed by atoms with Crippen molar-refractivity contribution >= 4 is 28.9 Å². The maximum atomic E-state index is 6.52. The van der Waals surface area contributed by atoms with Crippen LogP contribution in [0.4, 0.5) is 0 Å². The Hall–Kier alpha value is -1.65. The van der Waals surface area contributed by atoms with Gasteiger partial charge in [0, 0.05) is 18.1 Å². The molecule has 0 aromatic carbocycles. The van der Waals surface area contributed by atoms with Crippen molar-refractivity contribution in [1.29, 1.82) is 5.53 Å². The normalized spacial score (nSPS) is 18.5. The van der Waals surface area contributed by atoms with Crippen LogP contribution < -0.4 is 0 Å². The Morgan fingerprint density at radius 2 is 2.37 bits per heavy atom. The van der Waals surface area contributed by atoms with Crippen LogP contribution in [-0.4, -0.2) is 41.3 Å². The summed E-state index contributed by atoms with van der Waals surface area (Å²) in [5, 5.41) is 13.3. The summed E-state index contributed by atoms with van der Waals surface area (Å²) in [7, 11) is 1.82. The molecule has 1 N–H and O–H groups in total. The van der Waals surface area contributed by atoms with Gasteiger partial charge >= 0.3 is 0 Å². The molecule has 1 aliphatic rings. The molecular weight excluding hydrogens is 292 g/mol.